The van der Waals surface area contributed by atoms with Gasteiger partial charge in [0.25, 0.3) is 5.91 Å². The van der Waals surface area contributed by atoms with Crippen molar-refractivity contribution >= 4 is 5.91 Å². The lowest BCUT2D eigenvalue weighted by Crippen LogP contribution is -2.38. The van der Waals surface area contributed by atoms with Crippen molar-refractivity contribution in [1.82, 2.24) is 5.06 Å². The van der Waals surface area contributed by atoms with Crippen LogP contribution < -0.4 is 4.74 Å². The molecule has 1 aliphatic rings. The molecule has 0 aromatic heterocycles. The SMILES string of the molecule is Cc1cccc(OCC(=O)N2CCCCO2)c1C. The fraction of sp³-hybridized carbons (Fsp3) is 0.500. The maximum absolute atomic E-state index is 11.8. The van der Waals surface area contributed by atoms with Crippen molar-refractivity contribution in [2.75, 3.05) is 19.8 Å². The highest BCUT2D eigenvalue weighted by atomic mass is 16.7. The molecule has 0 aliphatic carbocycles. The number of carbonyl (C=O) groups excluding carboxylic acids is 1. The van der Waals surface area contributed by atoms with Gasteiger partial charge in [0.1, 0.15) is 5.75 Å². The molecule has 0 radical (unpaired) electrons. The predicted octanol–water partition coefficient (Wildman–Crippen LogP) is 2.24. The smallest absolute Gasteiger partial charge is 0.283 e. The number of rotatable bonds is 3. The van der Waals surface area contributed by atoms with Crippen LogP contribution in [0.3, 0.4) is 0 Å². The van der Waals surface area contributed by atoms with E-state index >= 15 is 0 Å². The van der Waals surface area contributed by atoms with Crippen LogP contribution >= 0.6 is 0 Å². The zero-order chi connectivity index (χ0) is 13.0. The lowest BCUT2D eigenvalue weighted by Gasteiger charge is -2.25. The topological polar surface area (TPSA) is 38.8 Å². The van der Waals surface area contributed by atoms with Crippen LogP contribution in [-0.4, -0.2) is 30.7 Å². The monoisotopic (exact) mass is 249 g/mol. The Kier molecular flexibility index (Phi) is 4.20. The van der Waals surface area contributed by atoms with Crippen LogP contribution in [0.2, 0.25) is 0 Å². The van der Waals surface area contributed by atoms with Crippen LogP contribution in [0.4, 0.5) is 0 Å². The van der Waals surface area contributed by atoms with Crippen LogP contribution in [0.5, 0.6) is 5.75 Å². The molecule has 0 unspecified atom stereocenters. The van der Waals surface area contributed by atoms with Gasteiger partial charge >= 0.3 is 0 Å². The van der Waals surface area contributed by atoms with Crippen LogP contribution in [0.1, 0.15) is 24.0 Å². The molecular formula is C14H19NO3. The summed E-state index contributed by atoms with van der Waals surface area (Å²) in [6, 6.07) is 5.84. The van der Waals surface area contributed by atoms with Crippen molar-refractivity contribution in [3.05, 3.63) is 29.3 Å². The largest absolute Gasteiger partial charge is 0.483 e. The molecule has 0 atom stereocenters. The summed E-state index contributed by atoms with van der Waals surface area (Å²) < 4.78 is 5.56. The first-order chi connectivity index (χ1) is 8.68. The number of carbonyl (C=O) groups is 1. The number of hydroxylamine groups is 2. The van der Waals surface area contributed by atoms with E-state index in [4.69, 9.17) is 9.57 Å². The number of aryl methyl sites for hydroxylation is 1. The van der Waals surface area contributed by atoms with E-state index < -0.39 is 0 Å². The molecule has 4 heteroatoms. The Hall–Kier alpha value is -1.55. The Balaban J connectivity index is 1.90. The van der Waals surface area contributed by atoms with Gasteiger partial charge in [0.2, 0.25) is 0 Å². The number of benzene rings is 1. The summed E-state index contributed by atoms with van der Waals surface area (Å²) in [7, 11) is 0. The maximum Gasteiger partial charge on any atom is 0.283 e. The molecule has 0 bridgehead atoms. The van der Waals surface area contributed by atoms with E-state index in [9.17, 15) is 4.79 Å². The summed E-state index contributed by atoms with van der Waals surface area (Å²) in [6.07, 6.45) is 2.01. The normalized spacial score (nSPS) is 15.6. The molecule has 0 spiro atoms. The van der Waals surface area contributed by atoms with Crippen LogP contribution in [0.15, 0.2) is 18.2 Å². The maximum atomic E-state index is 11.8. The van der Waals surface area contributed by atoms with Gasteiger partial charge in [-0.25, -0.2) is 5.06 Å². The van der Waals surface area contributed by atoms with Gasteiger partial charge in [-0.05, 0) is 43.9 Å². The second-order valence-electron chi connectivity index (χ2n) is 4.52. The van der Waals surface area contributed by atoms with E-state index in [2.05, 4.69) is 0 Å². The second kappa shape index (κ2) is 5.87. The third-order valence-electron chi connectivity index (χ3n) is 3.19. The molecule has 98 valence electrons. The average Bonchev–Trinajstić information content (AvgIpc) is 2.41. The molecule has 1 fully saturated rings. The number of nitrogens with zero attached hydrogens (tertiary/aromatic N) is 1. The van der Waals surface area contributed by atoms with Crippen molar-refractivity contribution in [1.29, 1.82) is 0 Å². The van der Waals surface area contributed by atoms with Gasteiger partial charge in [0.15, 0.2) is 6.61 Å². The van der Waals surface area contributed by atoms with Crippen molar-refractivity contribution < 1.29 is 14.4 Å². The molecule has 1 heterocycles. The fourth-order valence-electron chi connectivity index (χ4n) is 1.89. The van der Waals surface area contributed by atoms with Gasteiger partial charge in [-0.15, -0.1) is 0 Å². The first kappa shape index (κ1) is 12.9. The summed E-state index contributed by atoms with van der Waals surface area (Å²) in [4.78, 5) is 17.1. The average molecular weight is 249 g/mol. The number of ether oxygens (including phenoxy) is 1. The van der Waals surface area contributed by atoms with E-state index in [1.54, 1.807) is 0 Å². The Morgan fingerprint density at radius 1 is 1.39 bits per heavy atom. The molecule has 1 saturated heterocycles. The Labute approximate surface area is 107 Å². The standard InChI is InChI=1S/C14H19NO3/c1-11-6-5-7-13(12(11)2)17-10-14(16)15-8-3-4-9-18-15/h5-7H,3-4,8-10H2,1-2H3. The van der Waals surface area contributed by atoms with E-state index in [0.29, 0.717) is 13.2 Å². The molecule has 1 amide bonds. The zero-order valence-electron chi connectivity index (χ0n) is 10.9. The molecule has 1 aromatic carbocycles. The van der Waals surface area contributed by atoms with Crippen LogP contribution in [-0.2, 0) is 9.63 Å². The first-order valence-corrected chi connectivity index (χ1v) is 6.31. The molecule has 4 nitrogen and oxygen atoms in total. The fourth-order valence-corrected chi connectivity index (χ4v) is 1.89. The summed E-state index contributed by atoms with van der Waals surface area (Å²) in [6.45, 7) is 5.33. The third-order valence-corrected chi connectivity index (χ3v) is 3.19. The van der Waals surface area contributed by atoms with Gasteiger partial charge in [-0.3, -0.25) is 9.63 Å². The molecule has 1 aromatic rings. The predicted molar refractivity (Wildman–Crippen MR) is 68.3 cm³/mol. The number of hydrogen-bond acceptors (Lipinski definition) is 3. The minimum absolute atomic E-state index is 0.0320. The first-order valence-electron chi connectivity index (χ1n) is 6.31. The van der Waals surface area contributed by atoms with Crippen molar-refractivity contribution in [2.45, 2.75) is 26.7 Å². The van der Waals surface area contributed by atoms with E-state index in [-0.39, 0.29) is 12.5 Å². The van der Waals surface area contributed by atoms with Gasteiger partial charge in [-0.2, -0.15) is 0 Å². The van der Waals surface area contributed by atoms with Crippen molar-refractivity contribution in [3.8, 4) is 5.75 Å². The van der Waals surface area contributed by atoms with E-state index in [1.807, 2.05) is 32.0 Å². The summed E-state index contributed by atoms with van der Waals surface area (Å²) >= 11 is 0. The zero-order valence-corrected chi connectivity index (χ0v) is 10.9. The lowest BCUT2D eigenvalue weighted by atomic mass is 10.1. The van der Waals surface area contributed by atoms with Crippen LogP contribution in [0, 0.1) is 13.8 Å². The molecule has 0 saturated carbocycles. The summed E-state index contributed by atoms with van der Waals surface area (Å²) in [5.41, 5.74) is 2.24. The van der Waals surface area contributed by atoms with Crippen molar-refractivity contribution in [3.63, 3.8) is 0 Å². The highest BCUT2D eigenvalue weighted by molar-refractivity contribution is 5.76. The molecule has 2 rings (SSSR count). The summed E-state index contributed by atoms with van der Waals surface area (Å²) in [5.74, 6) is 0.649. The quantitative estimate of drug-likeness (QED) is 0.824. The molecule has 1 aliphatic heterocycles. The molecular weight excluding hydrogens is 230 g/mol. The Bertz CT molecular complexity index is 425. The highest BCUT2D eigenvalue weighted by Crippen LogP contribution is 2.20. The Morgan fingerprint density at radius 3 is 2.94 bits per heavy atom. The van der Waals surface area contributed by atoms with E-state index in [1.165, 1.54) is 5.06 Å². The molecule has 0 N–H and O–H groups in total. The molecule has 18 heavy (non-hydrogen) atoms. The second-order valence-corrected chi connectivity index (χ2v) is 4.52. The minimum atomic E-state index is -0.115. The minimum Gasteiger partial charge on any atom is -0.483 e. The Morgan fingerprint density at radius 2 is 2.22 bits per heavy atom. The van der Waals surface area contributed by atoms with Gasteiger partial charge in [-0.1, -0.05) is 12.1 Å². The number of hydrogen-bond donors (Lipinski definition) is 0. The van der Waals surface area contributed by atoms with Gasteiger partial charge in [0, 0.05) is 6.54 Å². The third kappa shape index (κ3) is 3.01. The van der Waals surface area contributed by atoms with Crippen LogP contribution in [0.25, 0.3) is 0 Å². The number of amides is 1. The van der Waals surface area contributed by atoms with Gasteiger partial charge in [0.05, 0.1) is 6.61 Å². The summed E-state index contributed by atoms with van der Waals surface area (Å²) in [5, 5.41) is 1.41. The van der Waals surface area contributed by atoms with Gasteiger partial charge < -0.3 is 4.74 Å². The van der Waals surface area contributed by atoms with Crippen molar-refractivity contribution in [2.24, 2.45) is 0 Å². The highest BCUT2D eigenvalue weighted by Gasteiger charge is 2.18. The lowest BCUT2D eigenvalue weighted by molar-refractivity contribution is -0.198. The van der Waals surface area contributed by atoms with E-state index in [0.717, 1.165) is 29.7 Å².